The van der Waals surface area contributed by atoms with Gasteiger partial charge in [0.25, 0.3) is 11.6 Å². The number of aromatic nitrogens is 2. The molecule has 0 radical (unpaired) electrons. The monoisotopic (exact) mass is 275 g/mol. The van der Waals surface area contributed by atoms with Gasteiger partial charge in [0.2, 0.25) is 0 Å². The van der Waals surface area contributed by atoms with Crippen LogP contribution < -0.4 is 11.1 Å². The van der Waals surface area contributed by atoms with Crippen molar-refractivity contribution in [3.8, 4) is 0 Å². The molecule has 1 heterocycles. The molecule has 0 aliphatic carbocycles. The second kappa shape index (κ2) is 5.39. The summed E-state index contributed by atoms with van der Waals surface area (Å²) < 4.78 is 1.76. The molecule has 8 heteroatoms. The normalized spacial score (nSPS) is 10.2. The van der Waals surface area contributed by atoms with E-state index in [-0.39, 0.29) is 23.5 Å². The molecule has 20 heavy (non-hydrogen) atoms. The second-order valence-electron chi connectivity index (χ2n) is 4.13. The molecule has 0 aliphatic heterocycles. The van der Waals surface area contributed by atoms with Gasteiger partial charge in [0.15, 0.2) is 0 Å². The van der Waals surface area contributed by atoms with Gasteiger partial charge in [0, 0.05) is 25.5 Å². The highest BCUT2D eigenvalue weighted by molar-refractivity contribution is 6.00. The van der Waals surface area contributed by atoms with Gasteiger partial charge in [-0.1, -0.05) is 6.07 Å². The number of nitrogen functional groups attached to an aromatic ring is 1. The van der Waals surface area contributed by atoms with Gasteiger partial charge in [-0.3, -0.25) is 14.9 Å². The minimum Gasteiger partial charge on any atom is -0.393 e. The maximum Gasteiger partial charge on any atom is 0.292 e. The number of nitro benzene ring substituents is 1. The van der Waals surface area contributed by atoms with E-state index >= 15 is 0 Å². The van der Waals surface area contributed by atoms with E-state index < -0.39 is 10.8 Å². The van der Waals surface area contributed by atoms with E-state index in [9.17, 15) is 14.9 Å². The summed E-state index contributed by atoms with van der Waals surface area (Å²) in [5.74, 6) is 0.191. The van der Waals surface area contributed by atoms with E-state index in [4.69, 9.17) is 5.73 Å². The van der Waals surface area contributed by atoms with Gasteiger partial charge in [0.1, 0.15) is 11.5 Å². The molecule has 0 unspecified atom stereocenters. The molecule has 0 fully saturated rings. The highest BCUT2D eigenvalue weighted by atomic mass is 16.6. The number of hydrogen-bond acceptors (Lipinski definition) is 5. The van der Waals surface area contributed by atoms with Gasteiger partial charge < -0.3 is 15.6 Å². The number of rotatable bonds is 4. The maximum absolute atomic E-state index is 12.0. The third kappa shape index (κ3) is 2.58. The van der Waals surface area contributed by atoms with Gasteiger partial charge >= 0.3 is 0 Å². The molecular formula is C12H13N5O3. The van der Waals surface area contributed by atoms with Crippen LogP contribution in [0.1, 0.15) is 16.2 Å². The molecular weight excluding hydrogens is 262 g/mol. The van der Waals surface area contributed by atoms with Crippen LogP contribution in [0.5, 0.6) is 0 Å². The molecule has 0 aliphatic rings. The lowest BCUT2D eigenvalue weighted by atomic mass is 10.1. The van der Waals surface area contributed by atoms with Gasteiger partial charge in [-0.05, 0) is 6.07 Å². The minimum atomic E-state index is -0.620. The van der Waals surface area contributed by atoms with E-state index in [0.717, 1.165) is 0 Å². The van der Waals surface area contributed by atoms with Crippen LogP contribution in [0, 0.1) is 10.1 Å². The summed E-state index contributed by atoms with van der Waals surface area (Å²) in [6.45, 7) is 0.213. The van der Waals surface area contributed by atoms with Crippen molar-refractivity contribution in [2.75, 3.05) is 5.73 Å². The molecule has 8 nitrogen and oxygen atoms in total. The number of carbonyl (C=O) groups excluding carboxylic acids is 1. The van der Waals surface area contributed by atoms with Gasteiger partial charge in [-0.15, -0.1) is 0 Å². The topological polar surface area (TPSA) is 116 Å². The van der Waals surface area contributed by atoms with Crippen molar-refractivity contribution in [1.29, 1.82) is 0 Å². The number of hydrogen-bond donors (Lipinski definition) is 2. The van der Waals surface area contributed by atoms with E-state index in [1.54, 1.807) is 24.0 Å². The van der Waals surface area contributed by atoms with E-state index in [0.29, 0.717) is 5.82 Å². The van der Waals surface area contributed by atoms with Crippen molar-refractivity contribution < 1.29 is 9.72 Å². The zero-order valence-corrected chi connectivity index (χ0v) is 10.7. The Kier molecular flexibility index (Phi) is 3.65. The number of carbonyl (C=O) groups is 1. The number of amides is 1. The number of para-hydroxylation sites is 1. The Hall–Kier alpha value is -2.90. The Morgan fingerprint density at radius 2 is 2.30 bits per heavy atom. The van der Waals surface area contributed by atoms with Crippen molar-refractivity contribution in [2.45, 2.75) is 6.54 Å². The number of nitrogens with two attached hydrogens (primary N) is 1. The second-order valence-corrected chi connectivity index (χ2v) is 4.13. The Labute approximate surface area is 114 Å². The molecule has 0 bridgehead atoms. The van der Waals surface area contributed by atoms with Crippen molar-refractivity contribution >= 4 is 17.3 Å². The molecule has 104 valence electrons. The van der Waals surface area contributed by atoms with Crippen LogP contribution in [0.4, 0.5) is 11.4 Å². The Morgan fingerprint density at radius 1 is 1.55 bits per heavy atom. The number of imidazole rings is 1. The smallest absolute Gasteiger partial charge is 0.292 e. The molecule has 1 aromatic carbocycles. The van der Waals surface area contributed by atoms with Crippen molar-refractivity contribution in [3.05, 3.63) is 52.1 Å². The first kappa shape index (κ1) is 13.5. The van der Waals surface area contributed by atoms with Gasteiger partial charge in [0.05, 0.1) is 17.0 Å². The lowest BCUT2D eigenvalue weighted by Gasteiger charge is -2.07. The molecule has 1 amide bonds. The average Bonchev–Trinajstić information content (AvgIpc) is 2.81. The highest BCUT2D eigenvalue weighted by Gasteiger charge is 2.18. The number of benzene rings is 1. The lowest BCUT2D eigenvalue weighted by molar-refractivity contribution is -0.383. The molecule has 0 saturated heterocycles. The first-order valence-electron chi connectivity index (χ1n) is 5.78. The van der Waals surface area contributed by atoms with Gasteiger partial charge in [-0.25, -0.2) is 4.98 Å². The van der Waals surface area contributed by atoms with Crippen LogP contribution in [0.3, 0.4) is 0 Å². The standard InChI is InChI=1S/C12H13N5O3/c1-16-6-5-14-10(16)7-15-12(18)8-3-2-4-9(11(8)13)17(19)20/h2-6H,7,13H2,1H3,(H,15,18). The van der Waals surface area contributed by atoms with Crippen LogP contribution >= 0.6 is 0 Å². The van der Waals surface area contributed by atoms with Crippen molar-refractivity contribution in [2.24, 2.45) is 7.05 Å². The molecule has 3 N–H and O–H groups in total. The predicted molar refractivity (Wildman–Crippen MR) is 71.9 cm³/mol. The minimum absolute atomic E-state index is 0.0772. The van der Waals surface area contributed by atoms with Crippen LogP contribution in [-0.4, -0.2) is 20.4 Å². The SMILES string of the molecule is Cn1ccnc1CNC(=O)c1cccc([N+](=O)[O-])c1N. The van der Waals surface area contributed by atoms with Crippen molar-refractivity contribution in [3.63, 3.8) is 0 Å². The van der Waals surface area contributed by atoms with E-state index in [1.807, 2.05) is 0 Å². The lowest BCUT2D eigenvalue weighted by Crippen LogP contribution is -2.25. The Balaban J connectivity index is 2.16. The molecule has 1 aromatic heterocycles. The van der Waals surface area contributed by atoms with Crippen LogP contribution in [0.2, 0.25) is 0 Å². The molecule has 0 spiro atoms. The summed E-state index contributed by atoms with van der Waals surface area (Å²) in [6.07, 6.45) is 3.37. The summed E-state index contributed by atoms with van der Waals surface area (Å²) in [7, 11) is 1.80. The summed E-state index contributed by atoms with van der Waals surface area (Å²) in [4.78, 5) is 26.2. The fourth-order valence-electron chi connectivity index (χ4n) is 1.73. The quantitative estimate of drug-likeness (QED) is 0.487. The molecule has 0 atom stereocenters. The predicted octanol–water partition coefficient (Wildman–Crippen LogP) is 0.841. The number of nitrogens with one attached hydrogen (secondary N) is 1. The van der Waals surface area contributed by atoms with Gasteiger partial charge in [-0.2, -0.15) is 0 Å². The fraction of sp³-hybridized carbons (Fsp3) is 0.167. The maximum atomic E-state index is 12.0. The van der Waals surface area contributed by atoms with E-state index in [2.05, 4.69) is 10.3 Å². The Morgan fingerprint density at radius 3 is 2.90 bits per heavy atom. The highest BCUT2D eigenvalue weighted by Crippen LogP contribution is 2.24. The Bertz CT molecular complexity index is 665. The molecule has 2 aromatic rings. The van der Waals surface area contributed by atoms with E-state index in [1.165, 1.54) is 18.2 Å². The number of nitro groups is 1. The first-order valence-corrected chi connectivity index (χ1v) is 5.78. The zero-order valence-electron chi connectivity index (χ0n) is 10.7. The van der Waals surface area contributed by atoms with Crippen LogP contribution in [0.15, 0.2) is 30.6 Å². The number of anilines is 1. The number of nitrogens with zero attached hydrogens (tertiary/aromatic N) is 3. The summed E-state index contributed by atoms with van der Waals surface area (Å²) >= 11 is 0. The number of aryl methyl sites for hydroxylation is 1. The summed E-state index contributed by atoms with van der Waals surface area (Å²) in [6, 6.07) is 4.12. The first-order chi connectivity index (χ1) is 9.50. The van der Waals surface area contributed by atoms with Crippen LogP contribution in [-0.2, 0) is 13.6 Å². The molecule has 2 rings (SSSR count). The summed E-state index contributed by atoms with van der Waals surface area (Å²) in [5, 5.41) is 13.4. The third-order valence-electron chi connectivity index (χ3n) is 2.85. The van der Waals surface area contributed by atoms with Crippen molar-refractivity contribution in [1.82, 2.24) is 14.9 Å². The zero-order chi connectivity index (χ0) is 14.7. The largest absolute Gasteiger partial charge is 0.393 e. The summed E-state index contributed by atoms with van der Waals surface area (Å²) in [5.41, 5.74) is 5.29. The fourth-order valence-corrected chi connectivity index (χ4v) is 1.73. The average molecular weight is 275 g/mol. The van der Waals surface area contributed by atoms with Crippen LogP contribution in [0.25, 0.3) is 0 Å². The third-order valence-corrected chi connectivity index (χ3v) is 2.85. The molecule has 0 saturated carbocycles.